The van der Waals surface area contributed by atoms with Crippen molar-refractivity contribution in [1.29, 1.82) is 0 Å². The lowest BCUT2D eigenvalue weighted by Crippen LogP contribution is -2.28. The van der Waals surface area contributed by atoms with Gasteiger partial charge in [0.05, 0.1) is 30.6 Å². The first kappa shape index (κ1) is 12.5. The third-order valence-corrected chi connectivity index (χ3v) is 3.41. The summed E-state index contributed by atoms with van der Waals surface area (Å²) in [6.45, 7) is 6.04. The highest BCUT2D eigenvalue weighted by molar-refractivity contribution is 5.05. The molecule has 1 aromatic heterocycles. The van der Waals surface area contributed by atoms with Gasteiger partial charge < -0.3 is 10.1 Å². The van der Waals surface area contributed by atoms with E-state index in [2.05, 4.69) is 29.5 Å². The van der Waals surface area contributed by atoms with Crippen LogP contribution in [0.3, 0.4) is 0 Å². The monoisotopic (exact) mass is 238 g/mol. The maximum absolute atomic E-state index is 5.66. The molecule has 3 unspecified atom stereocenters. The summed E-state index contributed by atoms with van der Waals surface area (Å²) in [5, 5.41) is 11.6. The Bertz CT molecular complexity index is 352. The maximum atomic E-state index is 5.66. The molecule has 0 aliphatic carbocycles. The van der Waals surface area contributed by atoms with Crippen LogP contribution in [0.2, 0.25) is 0 Å². The van der Waals surface area contributed by atoms with Gasteiger partial charge in [-0.1, -0.05) is 12.1 Å². The van der Waals surface area contributed by atoms with Crippen molar-refractivity contribution in [2.75, 3.05) is 13.7 Å². The van der Waals surface area contributed by atoms with Crippen molar-refractivity contribution in [3.63, 3.8) is 0 Å². The summed E-state index contributed by atoms with van der Waals surface area (Å²) >= 11 is 0. The van der Waals surface area contributed by atoms with Crippen LogP contribution < -0.4 is 5.32 Å². The van der Waals surface area contributed by atoms with E-state index in [4.69, 9.17) is 4.74 Å². The minimum absolute atomic E-state index is 0.293. The SMILES string of the molecule is CCCn1nncc1C(NC)C1COC(C)C1. The third-order valence-electron chi connectivity index (χ3n) is 3.41. The van der Waals surface area contributed by atoms with Gasteiger partial charge >= 0.3 is 0 Å². The van der Waals surface area contributed by atoms with Crippen molar-refractivity contribution < 1.29 is 4.74 Å². The molecule has 1 saturated heterocycles. The highest BCUT2D eigenvalue weighted by Gasteiger charge is 2.31. The molecule has 1 aromatic rings. The second kappa shape index (κ2) is 5.60. The predicted octanol–water partition coefficient (Wildman–Crippen LogP) is 1.37. The molecule has 2 rings (SSSR count). The molecular formula is C12H22N4O. The molecule has 3 atom stereocenters. The maximum Gasteiger partial charge on any atom is 0.0760 e. The van der Waals surface area contributed by atoms with Gasteiger partial charge in [-0.2, -0.15) is 0 Å². The molecule has 0 spiro atoms. The van der Waals surface area contributed by atoms with E-state index in [1.807, 2.05) is 17.9 Å². The lowest BCUT2D eigenvalue weighted by molar-refractivity contribution is 0.117. The van der Waals surface area contributed by atoms with E-state index >= 15 is 0 Å². The van der Waals surface area contributed by atoms with Crippen LogP contribution in [0.15, 0.2) is 6.20 Å². The average molecular weight is 238 g/mol. The predicted molar refractivity (Wildman–Crippen MR) is 65.6 cm³/mol. The minimum atomic E-state index is 0.293. The number of nitrogens with zero attached hydrogens (tertiary/aromatic N) is 3. The molecule has 1 aliphatic rings. The highest BCUT2D eigenvalue weighted by Crippen LogP contribution is 2.31. The van der Waals surface area contributed by atoms with Gasteiger partial charge in [-0.3, -0.25) is 0 Å². The Morgan fingerprint density at radius 1 is 1.65 bits per heavy atom. The van der Waals surface area contributed by atoms with Crippen molar-refractivity contribution >= 4 is 0 Å². The highest BCUT2D eigenvalue weighted by atomic mass is 16.5. The van der Waals surface area contributed by atoms with Gasteiger partial charge in [-0.25, -0.2) is 4.68 Å². The van der Waals surface area contributed by atoms with Crippen LogP contribution in [0.5, 0.6) is 0 Å². The number of rotatable bonds is 5. The normalized spacial score (nSPS) is 26.3. The number of nitrogens with one attached hydrogen (secondary N) is 1. The summed E-state index contributed by atoms with van der Waals surface area (Å²) in [6.07, 6.45) is 4.42. The molecule has 0 radical (unpaired) electrons. The van der Waals surface area contributed by atoms with Crippen molar-refractivity contribution in [2.45, 2.75) is 45.4 Å². The van der Waals surface area contributed by atoms with E-state index < -0.39 is 0 Å². The van der Waals surface area contributed by atoms with Crippen molar-refractivity contribution in [3.05, 3.63) is 11.9 Å². The van der Waals surface area contributed by atoms with Gasteiger partial charge in [0.15, 0.2) is 0 Å². The zero-order chi connectivity index (χ0) is 12.3. The standard InChI is InChI=1S/C12H22N4O/c1-4-5-16-11(7-14-15-16)12(13-3)10-6-9(2)17-8-10/h7,9-10,12-13H,4-6,8H2,1-3H3. The van der Waals surface area contributed by atoms with Crippen molar-refractivity contribution in [1.82, 2.24) is 20.3 Å². The quantitative estimate of drug-likeness (QED) is 0.842. The molecular weight excluding hydrogens is 216 g/mol. The van der Waals surface area contributed by atoms with Gasteiger partial charge in [0.25, 0.3) is 0 Å². The largest absolute Gasteiger partial charge is 0.378 e. The van der Waals surface area contributed by atoms with Gasteiger partial charge in [0.2, 0.25) is 0 Å². The topological polar surface area (TPSA) is 52.0 Å². The first-order chi connectivity index (χ1) is 8.26. The van der Waals surface area contributed by atoms with Crippen LogP contribution in [-0.2, 0) is 11.3 Å². The Labute approximate surface area is 103 Å². The number of aryl methyl sites for hydroxylation is 1. The van der Waals surface area contributed by atoms with Crippen molar-refractivity contribution in [3.8, 4) is 0 Å². The summed E-state index contributed by atoms with van der Waals surface area (Å²) < 4.78 is 7.66. The van der Waals surface area contributed by atoms with E-state index in [0.29, 0.717) is 18.1 Å². The van der Waals surface area contributed by atoms with Crippen LogP contribution in [0, 0.1) is 5.92 Å². The van der Waals surface area contributed by atoms with Crippen LogP contribution in [0.25, 0.3) is 0 Å². The fraction of sp³-hybridized carbons (Fsp3) is 0.833. The molecule has 0 bridgehead atoms. The average Bonchev–Trinajstić information content (AvgIpc) is 2.91. The Morgan fingerprint density at radius 3 is 3.06 bits per heavy atom. The zero-order valence-corrected chi connectivity index (χ0v) is 10.9. The first-order valence-corrected chi connectivity index (χ1v) is 6.43. The number of ether oxygens (including phenoxy) is 1. The molecule has 0 aromatic carbocycles. The third kappa shape index (κ3) is 2.66. The number of hydrogen-bond acceptors (Lipinski definition) is 4. The number of aromatic nitrogens is 3. The molecule has 5 heteroatoms. The lowest BCUT2D eigenvalue weighted by Gasteiger charge is -2.22. The second-order valence-corrected chi connectivity index (χ2v) is 4.79. The Balaban J connectivity index is 2.14. The fourth-order valence-electron chi connectivity index (χ4n) is 2.60. The molecule has 5 nitrogen and oxygen atoms in total. The van der Waals surface area contributed by atoms with E-state index in [1.54, 1.807) is 0 Å². The lowest BCUT2D eigenvalue weighted by atomic mass is 9.94. The van der Waals surface area contributed by atoms with Crippen LogP contribution in [-0.4, -0.2) is 34.8 Å². The molecule has 17 heavy (non-hydrogen) atoms. The summed E-state index contributed by atoms with van der Waals surface area (Å²) in [5.74, 6) is 0.518. The van der Waals surface area contributed by atoms with Crippen LogP contribution in [0.1, 0.15) is 38.4 Å². The van der Waals surface area contributed by atoms with Gasteiger partial charge in [-0.05, 0) is 26.8 Å². The summed E-state index contributed by atoms with van der Waals surface area (Å²) in [4.78, 5) is 0. The van der Waals surface area contributed by atoms with E-state index in [-0.39, 0.29) is 0 Å². The van der Waals surface area contributed by atoms with E-state index in [9.17, 15) is 0 Å². The van der Waals surface area contributed by atoms with Gasteiger partial charge in [-0.15, -0.1) is 5.10 Å². The van der Waals surface area contributed by atoms with Gasteiger partial charge in [0, 0.05) is 12.5 Å². The summed E-state index contributed by atoms with van der Waals surface area (Å²) in [6, 6.07) is 0.293. The summed E-state index contributed by atoms with van der Waals surface area (Å²) in [5.41, 5.74) is 1.18. The molecule has 2 heterocycles. The molecule has 0 saturated carbocycles. The first-order valence-electron chi connectivity index (χ1n) is 6.43. The minimum Gasteiger partial charge on any atom is -0.378 e. The Kier molecular flexibility index (Phi) is 4.12. The molecule has 1 aliphatic heterocycles. The molecule has 0 amide bonds. The smallest absolute Gasteiger partial charge is 0.0760 e. The van der Waals surface area contributed by atoms with Crippen LogP contribution in [0.4, 0.5) is 0 Å². The Hall–Kier alpha value is -0.940. The number of hydrogen-bond donors (Lipinski definition) is 1. The molecule has 1 N–H and O–H groups in total. The van der Waals surface area contributed by atoms with Crippen molar-refractivity contribution in [2.24, 2.45) is 5.92 Å². The van der Waals surface area contributed by atoms with E-state index in [1.165, 1.54) is 5.69 Å². The van der Waals surface area contributed by atoms with Crippen LogP contribution >= 0.6 is 0 Å². The summed E-state index contributed by atoms with van der Waals surface area (Å²) in [7, 11) is 2.00. The Morgan fingerprint density at radius 2 is 2.47 bits per heavy atom. The van der Waals surface area contributed by atoms with Gasteiger partial charge in [0.1, 0.15) is 0 Å². The zero-order valence-electron chi connectivity index (χ0n) is 10.9. The molecule has 1 fully saturated rings. The van der Waals surface area contributed by atoms with E-state index in [0.717, 1.165) is 26.0 Å². The fourth-order valence-corrected chi connectivity index (χ4v) is 2.60. The second-order valence-electron chi connectivity index (χ2n) is 4.79. The molecule has 96 valence electrons.